The Balaban J connectivity index is 1.92. The van der Waals surface area contributed by atoms with Gasteiger partial charge in [0, 0.05) is 18.0 Å². The van der Waals surface area contributed by atoms with Crippen LogP contribution in [0.15, 0.2) is 36.5 Å². The minimum Gasteiger partial charge on any atom is -0.394 e. The lowest BCUT2D eigenvalue weighted by Crippen LogP contribution is -2.27. The van der Waals surface area contributed by atoms with Crippen molar-refractivity contribution in [3.63, 3.8) is 0 Å². The van der Waals surface area contributed by atoms with Crippen LogP contribution >= 0.6 is 0 Å². The Bertz CT molecular complexity index is 1160. The first-order valence-corrected chi connectivity index (χ1v) is 12.5. The number of anilines is 2. The van der Waals surface area contributed by atoms with Crippen LogP contribution in [-0.4, -0.2) is 52.4 Å². The minimum atomic E-state index is -3.56. The van der Waals surface area contributed by atoms with Crippen LogP contribution in [0.2, 0.25) is 0 Å². The SMILES string of the molecule is CC(C)CC(CO)Nc1nc(CC(C)c2cccc3cccnc23)nc(NS(C)(=O)=O)n1. The summed E-state index contributed by atoms with van der Waals surface area (Å²) in [7, 11) is -3.56. The Kier molecular flexibility index (Phi) is 7.57. The van der Waals surface area contributed by atoms with Crippen molar-refractivity contribution in [1.29, 1.82) is 0 Å². The maximum Gasteiger partial charge on any atom is 0.241 e. The number of hydrogen-bond donors (Lipinski definition) is 3. The van der Waals surface area contributed by atoms with Gasteiger partial charge >= 0.3 is 0 Å². The summed E-state index contributed by atoms with van der Waals surface area (Å²) in [4.78, 5) is 17.5. The zero-order valence-corrected chi connectivity index (χ0v) is 19.6. The van der Waals surface area contributed by atoms with Gasteiger partial charge in [-0.05, 0) is 29.9 Å². The summed E-state index contributed by atoms with van der Waals surface area (Å²) in [6.45, 7) is 6.07. The highest BCUT2D eigenvalue weighted by atomic mass is 32.2. The van der Waals surface area contributed by atoms with Gasteiger partial charge in [-0.1, -0.05) is 45.0 Å². The van der Waals surface area contributed by atoms with Gasteiger partial charge in [0.25, 0.3) is 0 Å². The maximum absolute atomic E-state index is 11.8. The van der Waals surface area contributed by atoms with Crippen molar-refractivity contribution < 1.29 is 13.5 Å². The number of rotatable bonds is 10. The second kappa shape index (κ2) is 10.2. The molecule has 0 fully saturated rings. The zero-order valence-electron chi connectivity index (χ0n) is 18.8. The average molecular weight is 459 g/mol. The molecule has 0 radical (unpaired) electrons. The van der Waals surface area contributed by atoms with E-state index in [0.29, 0.717) is 24.6 Å². The third kappa shape index (κ3) is 6.57. The van der Waals surface area contributed by atoms with Crippen molar-refractivity contribution in [2.24, 2.45) is 5.92 Å². The summed E-state index contributed by atoms with van der Waals surface area (Å²) < 4.78 is 25.8. The average Bonchev–Trinajstić information content (AvgIpc) is 2.71. The van der Waals surface area contributed by atoms with Crippen LogP contribution in [0.3, 0.4) is 0 Å². The molecule has 2 atom stereocenters. The van der Waals surface area contributed by atoms with Crippen molar-refractivity contribution in [3.05, 3.63) is 47.9 Å². The van der Waals surface area contributed by atoms with E-state index in [4.69, 9.17) is 0 Å². The first-order chi connectivity index (χ1) is 15.1. The Morgan fingerprint density at radius 1 is 1.03 bits per heavy atom. The fourth-order valence-corrected chi connectivity index (χ4v) is 4.05. The van der Waals surface area contributed by atoms with E-state index in [0.717, 1.165) is 22.7 Å². The molecule has 0 bridgehead atoms. The molecule has 32 heavy (non-hydrogen) atoms. The molecule has 0 aliphatic rings. The topological polar surface area (TPSA) is 130 Å². The molecule has 9 nitrogen and oxygen atoms in total. The second-order valence-electron chi connectivity index (χ2n) is 8.45. The quantitative estimate of drug-likeness (QED) is 0.423. The maximum atomic E-state index is 11.8. The van der Waals surface area contributed by atoms with Gasteiger partial charge in [0.1, 0.15) is 5.82 Å². The number of sulfonamides is 1. The van der Waals surface area contributed by atoms with E-state index in [1.165, 1.54) is 0 Å². The summed E-state index contributed by atoms with van der Waals surface area (Å²) in [5.41, 5.74) is 1.98. The number of aliphatic hydroxyl groups is 1. The van der Waals surface area contributed by atoms with Gasteiger partial charge in [-0.15, -0.1) is 0 Å². The number of fused-ring (bicyclic) bond motifs is 1. The molecule has 3 N–H and O–H groups in total. The molecule has 0 aliphatic carbocycles. The predicted octanol–water partition coefficient (Wildman–Crippen LogP) is 2.96. The summed E-state index contributed by atoms with van der Waals surface area (Å²) in [6.07, 6.45) is 3.98. The van der Waals surface area contributed by atoms with Crippen LogP contribution < -0.4 is 10.0 Å². The lowest BCUT2D eigenvalue weighted by Gasteiger charge is -2.19. The summed E-state index contributed by atoms with van der Waals surface area (Å²) >= 11 is 0. The number of nitrogens with one attached hydrogen (secondary N) is 2. The molecule has 2 aromatic heterocycles. The fraction of sp³-hybridized carbons (Fsp3) is 0.455. The molecule has 0 amide bonds. The van der Waals surface area contributed by atoms with Gasteiger partial charge < -0.3 is 10.4 Å². The van der Waals surface area contributed by atoms with Crippen molar-refractivity contribution in [2.75, 3.05) is 22.9 Å². The molecule has 2 heterocycles. The molecule has 2 unspecified atom stereocenters. The van der Waals surface area contributed by atoms with Crippen molar-refractivity contribution >= 4 is 32.8 Å². The molecule has 3 aromatic rings. The normalized spacial score (nSPS) is 13.8. The zero-order chi connectivity index (χ0) is 23.3. The molecular formula is C22H30N6O3S. The molecule has 0 saturated carbocycles. The first-order valence-electron chi connectivity index (χ1n) is 10.6. The third-order valence-corrected chi connectivity index (χ3v) is 5.50. The van der Waals surface area contributed by atoms with E-state index in [2.05, 4.69) is 50.7 Å². The number of hydrogen-bond acceptors (Lipinski definition) is 8. The Morgan fingerprint density at radius 2 is 1.75 bits per heavy atom. The van der Waals surface area contributed by atoms with Crippen LogP contribution in [0.4, 0.5) is 11.9 Å². The Hall–Kier alpha value is -2.85. The molecule has 0 aliphatic heterocycles. The van der Waals surface area contributed by atoms with Crippen LogP contribution in [0.5, 0.6) is 0 Å². The highest BCUT2D eigenvalue weighted by Gasteiger charge is 2.18. The predicted molar refractivity (Wildman–Crippen MR) is 126 cm³/mol. The Morgan fingerprint density at radius 3 is 2.44 bits per heavy atom. The van der Waals surface area contributed by atoms with Gasteiger partial charge in [0.15, 0.2) is 0 Å². The number of nitrogens with zero attached hydrogens (tertiary/aromatic N) is 4. The molecule has 3 rings (SSSR count). The van der Waals surface area contributed by atoms with Crippen LogP contribution in [0.25, 0.3) is 10.9 Å². The molecular weight excluding hydrogens is 428 g/mol. The molecule has 1 aromatic carbocycles. The van der Waals surface area contributed by atoms with E-state index < -0.39 is 10.0 Å². The largest absolute Gasteiger partial charge is 0.394 e. The second-order valence-corrected chi connectivity index (χ2v) is 10.2. The van der Waals surface area contributed by atoms with E-state index in [-0.39, 0.29) is 30.5 Å². The van der Waals surface area contributed by atoms with Gasteiger partial charge in [0.05, 0.1) is 24.4 Å². The molecule has 172 valence electrons. The summed E-state index contributed by atoms with van der Waals surface area (Å²) in [6, 6.07) is 9.70. The fourth-order valence-electron chi connectivity index (χ4n) is 3.63. The number of benzene rings is 1. The molecule has 10 heteroatoms. The first kappa shape index (κ1) is 23.8. The van der Waals surface area contributed by atoms with E-state index in [9.17, 15) is 13.5 Å². The van der Waals surface area contributed by atoms with Gasteiger partial charge in [-0.2, -0.15) is 15.0 Å². The lowest BCUT2D eigenvalue weighted by atomic mass is 9.95. The van der Waals surface area contributed by atoms with Crippen molar-refractivity contribution in [1.82, 2.24) is 19.9 Å². The number of para-hydroxylation sites is 1. The standard InChI is InChI=1S/C22H30N6O3S/c1-14(2)11-17(13-29)24-21-25-19(26-22(27-21)28-32(4,30)31)12-15(3)18-9-5-7-16-8-6-10-23-20(16)18/h5-10,14-15,17,29H,11-13H2,1-4H3,(H2,24,25,26,27,28). The highest BCUT2D eigenvalue weighted by molar-refractivity contribution is 7.91. The van der Waals surface area contributed by atoms with Gasteiger partial charge in [-0.25, -0.2) is 8.42 Å². The number of aromatic nitrogens is 4. The van der Waals surface area contributed by atoms with Crippen molar-refractivity contribution in [3.8, 4) is 0 Å². The van der Waals surface area contributed by atoms with Gasteiger partial charge in [0.2, 0.25) is 21.9 Å². The third-order valence-electron chi connectivity index (χ3n) is 4.95. The highest BCUT2D eigenvalue weighted by Crippen LogP contribution is 2.26. The summed E-state index contributed by atoms with van der Waals surface area (Å²) in [5.74, 6) is 0.997. The molecule has 0 saturated heterocycles. The van der Waals surface area contributed by atoms with Crippen LogP contribution in [0, 0.1) is 5.92 Å². The number of pyridine rings is 1. The minimum absolute atomic E-state index is 0.0271. The van der Waals surface area contributed by atoms with Crippen molar-refractivity contribution in [2.45, 2.75) is 45.6 Å². The van der Waals surface area contributed by atoms with E-state index in [1.54, 1.807) is 6.20 Å². The number of aliphatic hydroxyl groups excluding tert-OH is 1. The van der Waals surface area contributed by atoms with Crippen LogP contribution in [0.1, 0.15) is 44.5 Å². The van der Waals surface area contributed by atoms with Gasteiger partial charge in [-0.3, -0.25) is 9.71 Å². The monoisotopic (exact) mass is 458 g/mol. The Labute approximate surface area is 188 Å². The van der Waals surface area contributed by atoms with E-state index >= 15 is 0 Å². The smallest absolute Gasteiger partial charge is 0.241 e. The molecule has 0 spiro atoms. The lowest BCUT2D eigenvalue weighted by molar-refractivity contribution is 0.259. The van der Waals surface area contributed by atoms with E-state index in [1.807, 2.05) is 30.3 Å². The van der Waals surface area contributed by atoms with Crippen LogP contribution in [-0.2, 0) is 16.4 Å². The summed E-state index contributed by atoms with van der Waals surface area (Å²) in [5, 5.41) is 13.9.